The van der Waals surface area contributed by atoms with E-state index in [0.717, 1.165) is 100 Å². The largest absolute Gasteiger partial charge is 0.482 e. The van der Waals surface area contributed by atoms with Crippen LogP contribution in [0.4, 0.5) is 0 Å². The Kier molecular flexibility index (Phi) is 16.1. The Labute approximate surface area is 319 Å². The van der Waals surface area contributed by atoms with Gasteiger partial charge in [-0.1, -0.05) is 57.6 Å². The summed E-state index contributed by atoms with van der Waals surface area (Å²) in [6.07, 6.45) is 14.4. The number of hydrogen-bond acceptors (Lipinski definition) is 9. The molecule has 53 heavy (non-hydrogen) atoms. The summed E-state index contributed by atoms with van der Waals surface area (Å²) in [6, 6.07) is 5.83. The molecule has 3 unspecified atom stereocenters. The smallest absolute Gasteiger partial charge is 0.341 e. The highest BCUT2D eigenvalue weighted by Crippen LogP contribution is 2.48. The first kappa shape index (κ1) is 41.2. The van der Waals surface area contributed by atoms with Gasteiger partial charge in [0.2, 0.25) is 5.91 Å². The highest BCUT2D eigenvalue weighted by atomic mass is 32.2. The van der Waals surface area contributed by atoms with Crippen molar-refractivity contribution < 1.29 is 43.7 Å². The fraction of sp³-hybridized carbons (Fsp3) is 0.738. The third-order valence-electron chi connectivity index (χ3n) is 12.2. The van der Waals surface area contributed by atoms with Gasteiger partial charge in [-0.2, -0.15) is 11.8 Å². The lowest BCUT2D eigenvalue weighted by atomic mass is 9.73. The molecule has 8 atom stereocenters. The number of aliphatic carboxylic acids is 1. The molecule has 3 N–H and O–H groups in total. The number of fused-ring (bicyclic) bond motifs is 2. The number of carboxylic acid groups (broad SMARTS) is 1. The maximum Gasteiger partial charge on any atom is 0.341 e. The van der Waals surface area contributed by atoms with Crippen molar-refractivity contribution in [3.63, 3.8) is 0 Å². The quantitative estimate of drug-likeness (QED) is 0.0706. The highest BCUT2D eigenvalue weighted by Gasteiger charge is 2.45. The molecule has 4 aliphatic carbocycles. The zero-order valence-electron chi connectivity index (χ0n) is 31.6. The average Bonchev–Trinajstić information content (AvgIpc) is 3.63. The molecule has 0 heterocycles. The van der Waals surface area contributed by atoms with Gasteiger partial charge in [-0.25, -0.2) is 4.79 Å². The number of nitrogens with one attached hydrogen (secondary N) is 1. The summed E-state index contributed by atoms with van der Waals surface area (Å²) >= 11 is 1.60. The van der Waals surface area contributed by atoms with Crippen LogP contribution in [0, 0.1) is 29.6 Å². The summed E-state index contributed by atoms with van der Waals surface area (Å²) in [5, 5.41) is 23.3. The van der Waals surface area contributed by atoms with E-state index in [1.54, 1.807) is 11.8 Å². The number of amides is 1. The molecule has 0 spiro atoms. The molecule has 1 amide bonds. The van der Waals surface area contributed by atoms with E-state index in [4.69, 9.17) is 14.6 Å². The Hall–Kier alpha value is -2.92. The van der Waals surface area contributed by atoms with Crippen molar-refractivity contribution in [2.24, 2.45) is 29.6 Å². The lowest BCUT2D eigenvalue weighted by Gasteiger charge is -2.33. The normalized spacial score (nSPS) is 27.2. The SMILES string of the molecule is CCCCC[C@@H](CC[C@@H]1[C@H]2Cc3cccc(OCC(=O)O)c3C[C@H]2C[C@H]1O)OC(=O)C1CCCCC1C(=O)NCCCCCCSC1CC(=O)CC1=O. The van der Waals surface area contributed by atoms with Crippen molar-refractivity contribution in [3.8, 4) is 5.75 Å². The molecule has 0 aromatic heterocycles. The number of ketones is 2. The van der Waals surface area contributed by atoms with Gasteiger partial charge < -0.3 is 25.0 Å². The molecule has 3 fully saturated rings. The van der Waals surface area contributed by atoms with E-state index in [-0.39, 0.29) is 59.7 Å². The van der Waals surface area contributed by atoms with Crippen LogP contribution in [0.25, 0.3) is 0 Å². The first-order valence-corrected chi connectivity index (χ1v) is 21.5. The van der Waals surface area contributed by atoms with Gasteiger partial charge in [0.15, 0.2) is 12.4 Å². The lowest BCUT2D eigenvalue weighted by Crippen LogP contribution is -2.41. The minimum atomic E-state index is -1.01. The number of esters is 1. The second-order valence-electron chi connectivity index (χ2n) is 16.0. The van der Waals surface area contributed by atoms with Crippen LogP contribution in [0.15, 0.2) is 18.2 Å². The number of carboxylic acids is 1. The van der Waals surface area contributed by atoms with Crippen LogP contribution in [-0.4, -0.2) is 76.0 Å². The molecule has 1 aromatic carbocycles. The van der Waals surface area contributed by atoms with Gasteiger partial charge in [0.1, 0.15) is 17.6 Å². The third kappa shape index (κ3) is 11.8. The van der Waals surface area contributed by atoms with Gasteiger partial charge in [-0.15, -0.1) is 0 Å². The molecule has 11 heteroatoms. The first-order valence-electron chi connectivity index (χ1n) is 20.4. The molecular formula is C42H61NO9S. The van der Waals surface area contributed by atoms with Gasteiger partial charge in [0.05, 0.1) is 29.6 Å². The van der Waals surface area contributed by atoms with E-state index in [1.165, 1.54) is 0 Å². The van der Waals surface area contributed by atoms with Gasteiger partial charge in [0, 0.05) is 13.0 Å². The van der Waals surface area contributed by atoms with Crippen LogP contribution in [0.1, 0.15) is 127 Å². The van der Waals surface area contributed by atoms with Gasteiger partial charge in [0.25, 0.3) is 0 Å². The van der Waals surface area contributed by atoms with Crippen LogP contribution in [0.3, 0.4) is 0 Å². The van der Waals surface area contributed by atoms with Crippen molar-refractivity contribution in [1.29, 1.82) is 0 Å². The number of thioether (sulfide) groups is 1. The summed E-state index contributed by atoms with van der Waals surface area (Å²) in [5.74, 6) is 0.182. The molecular weight excluding hydrogens is 695 g/mol. The van der Waals surface area contributed by atoms with Gasteiger partial charge in [-0.05, 0) is 111 Å². The molecule has 294 valence electrons. The summed E-state index contributed by atoms with van der Waals surface area (Å²) in [7, 11) is 0. The molecule has 0 radical (unpaired) electrons. The zero-order valence-corrected chi connectivity index (χ0v) is 32.4. The number of unbranched alkanes of at least 4 members (excludes halogenated alkanes) is 5. The molecule has 0 saturated heterocycles. The lowest BCUT2D eigenvalue weighted by molar-refractivity contribution is -0.160. The number of carbonyl (C=O) groups excluding carboxylic acids is 4. The standard InChI is InChI=1S/C42H61NO9S/c1-2-3-6-13-30(17-18-31-34-21-27-12-11-16-38(51-26-40(47)48)35(27)22-28(34)23-36(31)45)52-42(50)33-15-8-7-14-32(33)41(49)43-19-9-4-5-10-20-53-39-25-29(44)24-37(39)46/h11-12,16,28,30-34,36,39,45H,2-10,13-15,17-26H2,1H3,(H,43,49)(H,47,48)/t28-,30-,31+,32?,33?,34-,36+,39?/m0/s1. The molecule has 1 aromatic rings. The second kappa shape index (κ2) is 20.7. The first-order chi connectivity index (χ1) is 25.6. The van der Waals surface area contributed by atoms with E-state index < -0.39 is 18.0 Å². The average molecular weight is 756 g/mol. The molecule has 0 aliphatic heterocycles. The van der Waals surface area contributed by atoms with Crippen LogP contribution >= 0.6 is 11.8 Å². The number of hydrogen-bond donors (Lipinski definition) is 3. The second-order valence-corrected chi connectivity index (χ2v) is 17.3. The van der Waals surface area contributed by atoms with Crippen molar-refractivity contribution in [3.05, 3.63) is 29.3 Å². The monoisotopic (exact) mass is 755 g/mol. The Morgan fingerprint density at radius 3 is 2.51 bits per heavy atom. The maximum atomic E-state index is 13.8. The van der Waals surface area contributed by atoms with Crippen molar-refractivity contribution in [2.45, 2.75) is 146 Å². The minimum Gasteiger partial charge on any atom is -0.482 e. The number of ether oxygens (including phenoxy) is 2. The molecule has 10 nitrogen and oxygen atoms in total. The van der Waals surface area contributed by atoms with Crippen LogP contribution in [-0.2, 0) is 41.6 Å². The fourth-order valence-corrected chi connectivity index (χ4v) is 10.5. The predicted molar refractivity (Wildman–Crippen MR) is 204 cm³/mol. The Morgan fingerprint density at radius 1 is 0.962 bits per heavy atom. The summed E-state index contributed by atoms with van der Waals surface area (Å²) in [4.78, 5) is 61.5. The Morgan fingerprint density at radius 2 is 1.75 bits per heavy atom. The molecule has 5 rings (SSSR count). The number of aliphatic hydroxyl groups is 1. The Bertz CT molecular complexity index is 1420. The minimum absolute atomic E-state index is 0.0524. The number of Topliss-reactive ketones (excluding diaryl/α,β-unsaturated/α-hetero) is 2. The van der Waals surface area contributed by atoms with E-state index in [2.05, 4.69) is 18.3 Å². The summed E-state index contributed by atoms with van der Waals surface area (Å²) in [6.45, 7) is 2.36. The summed E-state index contributed by atoms with van der Waals surface area (Å²) in [5.41, 5.74) is 2.22. The van der Waals surface area contributed by atoms with Gasteiger partial charge >= 0.3 is 11.9 Å². The third-order valence-corrected chi connectivity index (χ3v) is 13.5. The van der Waals surface area contributed by atoms with Gasteiger partial charge in [-0.3, -0.25) is 19.2 Å². The topological polar surface area (TPSA) is 156 Å². The maximum absolute atomic E-state index is 13.8. The van der Waals surface area contributed by atoms with E-state index in [0.29, 0.717) is 56.2 Å². The number of aliphatic hydroxyl groups excluding tert-OH is 1. The molecule has 0 bridgehead atoms. The van der Waals surface area contributed by atoms with Crippen molar-refractivity contribution in [1.82, 2.24) is 5.32 Å². The van der Waals surface area contributed by atoms with Crippen molar-refractivity contribution in [2.75, 3.05) is 18.9 Å². The van der Waals surface area contributed by atoms with E-state index >= 15 is 0 Å². The van der Waals surface area contributed by atoms with Crippen molar-refractivity contribution >= 4 is 41.2 Å². The molecule has 3 saturated carbocycles. The summed E-state index contributed by atoms with van der Waals surface area (Å²) < 4.78 is 11.9. The van der Waals surface area contributed by atoms with E-state index in [1.807, 2.05) is 12.1 Å². The fourth-order valence-electron chi connectivity index (χ4n) is 9.32. The number of carbonyl (C=O) groups is 5. The van der Waals surface area contributed by atoms with Crippen LogP contribution < -0.4 is 10.1 Å². The number of rotatable bonds is 21. The highest BCUT2D eigenvalue weighted by molar-refractivity contribution is 8.00. The van der Waals surface area contributed by atoms with Crippen LogP contribution in [0.5, 0.6) is 5.75 Å². The Balaban J connectivity index is 1.09. The zero-order chi connectivity index (χ0) is 37.7. The molecule has 4 aliphatic rings. The van der Waals surface area contributed by atoms with E-state index in [9.17, 15) is 29.1 Å². The predicted octanol–water partition coefficient (Wildman–Crippen LogP) is 6.65. The van der Waals surface area contributed by atoms with Crippen LogP contribution in [0.2, 0.25) is 0 Å². The number of benzene rings is 1.